The second kappa shape index (κ2) is 3.73. The van der Waals surface area contributed by atoms with Crippen molar-refractivity contribution in [2.75, 3.05) is 20.2 Å². The molecule has 1 saturated heterocycles. The number of hydrogen-bond acceptors (Lipinski definition) is 3. The molecule has 1 aliphatic rings. The van der Waals surface area contributed by atoms with E-state index in [9.17, 15) is 4.57 Å². The third-order valence-electron chi connectivity index (χ3n) is 2.05. The van der Waals surface area contributed by atoms with Gasteiger partial charge in [0.05, 0.1) is 6.61 Å². The van der Waals surface area contributed by atoms with E-state index in [1.807, 2.05) is 18.2 Å². The molecule has 1 aromatic carbocycles. The van der Waals surface area contributed by atoms with Crippen molar-refractivity contribution in [2.45, 2.75) is 0 Å². The van der Waals surface area contributed by atoms with E-state index < -0.39 is 7.75 Å². The summed E-state index contributed by atoms with van der Waals surface area (Å²) in [6, 6.07) is 9.06. The van der Waals surface area contributed by atoms with Gasteiger partial charge in [-0.3, -0.25) is 4.52 Å². The Balaban J connectivity index is 2.15. The van der Waals surface area contributed by atoms with Gasteiger partial charge in [-0.15, -0.1) is 0 Å². The van der Waals surface area contributed by atoms with Crippen LogP contribution in [0.4, 0.5) is 0 Å². The van der Waals surface area contributed by atoms with Crippen LogP contribution in [-0.4, -0.2) is 24.9 Å². The average molecular weight is 213 g/mol. The minimum atomic E-state index is -3.05. The number of likely N-dealkylation sites (N-methyl/N-ethyl adjacent to an activating group) is 1. The molecule has 0 bridgehead atoms. The van der Waals surface area contributed by atoms with E-state index in [-0.39, 0.29) is 0 Å². The Morgan fingerprint density at radius 3 is 2.71 bits per heavy atom. The molecule has 1 aliphatic heterocycles. The highest BCUT2D eigenvalue weighted by Crippen LogP contribution is 2.53. The Hall–Kier alpha value is -0.830. The predicted octanol–water partition coefficient (Wildman–Crippen LogP) is 2.14. The smallest absolute Gasteiger partial charge is 0.413 e. The van der Waals surface area contributed by atoms with Gasteiger partial charge in [-0.05, 0) is 19.2 Å². The quantitative estimate of drug-likeness (QED) is 0.705. The minimum absolute atomic E-state index is 0.459. The van der Waals surface area contributed by atoms with Crippen LogP contribution in [0.5, 0.6) is 5.75 Å². The maximum atomic E-state index is 12.0. The van der Waals surface area contributed by atoms with Crippen molar-refractivity contribution in [3.8, 4) is 5.75 Å². The van der Waals surface area contributed by atoms with Gasteiger partial charge >= 0.3 is 7.75 Å². The molecule has 1 heterocycles. The number of nitrogens with zero attached hydrogens (tertiary/aromatic N) is 1. The van der Waals surface area contributed by atoms with E-state index in [0.29, 0.717) is 18.9 Å². The third-order valence-corrected chi connectivity index (χ3v) is 4.04. The van der Waals surface area contributed by atoms with E-state index in [1.165, 1.54) is 0 Å². The van der Waals surface area contributed by atoms with Crippen molar-refractivity contribution in [1.82, 2.24) is 4.67 Å². The minimum Gasteiger partial charge on any atom is -0.413 e. The van der Waals surface area contributed by atoms with Crippen LogP contribution in [0.3, 0.4) is 0 Å². The third kappa shape index (κ3) is 1.82. The molecule has 0 N–H and O–H groups in total. The van der Waals surface area contributed by atoms with Crippen molar-refractivity contribution in [3.63, 3.8) is 0 Å². The van der Waals surface area contributed by atoms with Crippen LogP contribution in [0, 0.1) is 0 Å². The van der Waals surface area contributed by atoms with Gasteiger partial charge in [-0.25, -0.2) is 4.57 Å². The molecule has 0 aromatic heterocycles. The van der Waals surface area contributed by atoms with Crippen molar-refractivity contribution < 1.29 is 13.6 Å². The molecule has 0 radical (unpaired) electrons. The Morgan fingerprint density at radius 2 is 2.14 bits per heavy atom. The average Bonchev–Trinajstić information content (AvgIpc) is 2.48. The largest absolute Gasteiger partial charge is 0.461 e. The highest BCUT2D eigenvalue weighted by molar-refractivity contribution is 7.51. The SMILES string of the molecule is CN1CCOP1(=O)Oc1ccccc1. The fraction of sp³-hybridized carbons (Fsp3) is 0.333. The van der Waals surface area contributed by atoms with Crippen molar-refractivity contribution >= 4 is 7.75 Å². The summed E-state index contributed by atoms with van der Waals surface area (Å²) in [6.45, 7) is 1.10. The standard InChI is InChI=1S/C9H12NO3P/c1-10-7-8-12-14(10,11)13-9-5-3-2-4-6-9/h2-6H,7-8H2,1H3. The zero-order valence-electron chi connectivity index (χ0n) is 7.92. The van der Waals surface area contributed by atoms with Crippen LogP contribution in [-0.2, 0) is 9.09 Å². The normalized spacial score (nSPS) is 27.8. The van der Waals surface area contributed by atoms with Gasteiger partial charge in [0.1, 0.15) is 5.75 Å². The van der Waals surface area contributed by atoms with E-state index >= 15 is 0 Å². The zero-order valence-corrected chi connectivity index (χ0v) is 8.81. The van der Waals surface area contributed by atoms with Crippen molar-refractivity contribution in [3.05, 3.63) is 30.3 Å². The van der Waals surface area contributed by atoms with Crippen LogP contribution in [0.25, 0.3) is 0 Å². The van der Waals surface area contributed by atoms with Crippen LogP contribution >= 0.6 is 7.75 Å². The van der Waals surface area contributed by atoms with Crippen LogP contribution in [0.1, 0.15) is 0 Å². The van der Waals surface area contributed by atoms with Crippen LogP contribution in [0.15, 0.2) is 30.3 Å². The molecule has 1 unspecified atom stereocenters. The summed E-state index contributed by atoms with van der Waals surface area (Å²) in [5, 5.41) is 0. The lowest BCUT2D eigenvalue weighted by Gasteiger charge is -2.18. The molecule has 1 fully saturated rings. The van der Waals surface area contributed by atoms with E-state index in [0.717, 1.165) is 0 Å². The second-order valence-corrected chi connectivity index (χ2v) is 5.15. The van der Waals surface area contributed by atoms with Gasteiger partial charge in [0, 0.05) is 6.54 Å². The summed E-state index contributed by atoms with van der Waals surface area (Å²) in [5.74, 6) is 0.574. The molecule has 0 amide bonds. The Morgan fingerprint density at radius 1 is 1.43 bits per heavy atom. The molecular formula is C9H12NO3P. The molecule has 0 saturated carbocycles. The molecule has 76 valence electrons. The van der Waals surface area contributed by atoms with E-state index in [4.69, 9.17) is 9.05 Å². The first-order valence-corrected chi connectivity index (χ1v) is 5.91. The number of hydrogen-bond donors (Lipinski definition) is 0. The maximum Gasteiger partial charge on any atom is 0.461 e. The molecule has 5 heteroatoms. The van der Waals surface area contributed by atoms with Crippen molar-refractivity contribution in [2.24, 2.45) is 0 Å². The topological polar surface area (TPSA) is 38.8 Å². The van der Waals surface area contributed by atoms with Crippen LogP contribution in [0.2, 0.25) is 0 Å². The summed E-state index contributed by atoms with van der Waals surface area (Å²) in [6.07, 6.45) is 0. The highest BCUT2D eigenvalue weighted by Gasteiger charge is 2.37. The number of rotatable bonds is 2. The van der Waals surface area contributed by atoms with Gasteiger partial charge in [0.15, 0.2) is 0 Å². The Kier molecular flexibility index (Phi) is 2.59. The summed E-state index contributed by atoms with van der Waals surface area (Å²) in [7, 11) is -1.32. The fourth-order valence-electron chi connectivity index (χ4n) is 1.22. The predicted molar refractivity (Wildman–Crippen MR) is 53.3 cm³/mol. The summed E-state index contributed by atoms with van der Waals surface area (Å²) in [5.41, 5.74) is 0. The second-order valence-electron chi connectivity index (χ2n) is 3.09. The fourth-order valence-corrected chi connectivity index (χ4v) is 2.64. The molecule has 4 nitrogen and oxygen atoms in total. The lowest BCUT2D eigenvalue weighted by atomic mass is 10.3. The maximum absolute atomic E-state index is 12.0. The van der Waals surface area contributed by atoms with Gasteiger partial charge in [-0.2, -0.15) is 4.67 Å². The first-order valence-electron chi connectivity index (χ1n) is 4.41. The van der Waals surface area contributed by atoms with Gasteiger partial charge in [-0.1, -0.05) is 18.2 Å². The monoisotopic (exact) mass is 213 g/mol. The highest BCUT2D eigenvalue weighted by atomic mass is 31.2. The van der Waals surface area contributed by atoms with Gasteiger partial charge in [0.25, 0.3) is 0 Å². The molecule has 2 rings (SSSR count). The number of benzene rings is 1. The van der Waals surface area contributed by atoms with Crippen LogP contribution < -0.4 is 4.52 Å². The van der Waals surface area contributed by atoms with Gasteiger partial charge in [0.2, 0.25) is 0 Å². The van der Waals surface area contributed by atoms with Crippen molar-refractivity contribution in [1.29, 1.82) is 0 Å². The molecule has 1 aromatic rings. The van der Waals surface area contributed by atoms with E-state index in [2.05, 4.69) is 0 Å². The van der Waals surface area contributed by atoms with Gasteiger partial charge < -0.3 is 4.52 Å². The molecule has 0 spiro atoms. The Labute approximate surface area is 83.0 Å². The molecule has 14 heavy (non-hydrogen) atoms. The lowest BCUT2D eigenvalue weighted by molar-refractivity contribution is 0.298. The first-order chi connectivity index (χ1) is 6.71. The summed E-state index contributed by atoms with van der Waals surface area (Å²) in [4.78, 5) is 0. The lowest BCUT2D eigenvalue weighted by Crippen LogP contribution is -2.12. The first kappa shape index (κ1) is 9.71. The number of para-hydroxylation sites is 1. The summed E-state index contributed by atoms with van der Waals surface area (Å²) >= 11 is 0. The molecule has 0 aliphatic carbocycles. The summed E-state index contributed by atoms with van der Waals surface area (Å²) < 4.78 is 24.1. The molecular weight excluding hydrogens is 201 g/mol. The van der Waals surface area contributed by atoms with E-state index in [1.54, 1.807) is 23.9 Å². The molecule has 1 atom stereocenters. The zero-order chi connectivity index (χ0) is 10.0. The Bertz CT molecular complexity index is 354.